The minimum atomic E-state index is -4.48. The third-order valence-corrected chi connectivity index (χ3v) is 2.64. The Labute approximate surface area is 114 Å². The van der Waals surface area contributed by atoms with Crippen LogP contribution in [0.25, 0.3) is 0 Å². The molecule has 1 rings (SSSR count). The molecule has 2 N–H and O–H groups in total. The van der Waals surface area contributed by atoms with Crippen LogP contribution in [0.1, 0.15) is 25.8 Å². The molecule has 1 heterocycles. The lowest BCUT2D eigenvalue weighted by Gasteiger charge is -2.19. The number of halogens is 4. The van der Waals surface area contributed by atoms with Gasteiger partial charge in [-0.1, -0.05) is 25.4 Å². The van der Waals surface area contributed by atoms with E-state index in [4.69, 9.17) is 11.6 Å². The Morgan fingerprint density at radius 3 is 2.47 bits per heavy atom. The van der Waals surface area contributed by atoms with E-state index < -0.39 is 11.7 Å². The van der Waals surface area contributed by atoms with E-state index in [-0.39, 0.29) is 23.6 Å². The zero-order valence-electron chi connectivity index (χ0n) is 10.6. The number of nitrogens with zero attached hydrogens (tertiary/aromatic N) is 1. The number of aliphatic hydroxyl groups is 1. The van der Waals surface area contributed by atoms with Gasteiger partial charge in [0.05, 0.1) is 18.2 Å². The molecule has 7 heteroatoms. The molecule has 1 unspecified atom stereocenters. The summed E-state index contributed by atoms with van der Waals surface area (Å²) in [5, 5.41) is 11.7. The number of aliphatic hydroxyl groups excluding tert-OH is 1. The minimum absolute atomic E-state index is 0.0134. The van der Waals surface area contributed by atoms with Crippen LogP contribution < -0.4 is 5.32 Å². The first-order valence-electron chi connectivity index (χ1n) is 5.84. The first kappa shape index (κ1) is 16.0. The van der Waals surface area contributed by atoms with E-state index in [0.29, 0.717) is 12.3 Å². The molecule has 19 heavy (non-hydrogen) atoms. The van der Waals surface area contributed by atoms with Gasteiger partial charge in [0.15, 0.2) is 0 Å². The summed E-state index contributed by atoms with van der Waals surface area (Å²) in [5.41, 5.74) is -0.865. The average molecular weight is 297 g/mol. The second-order valence-corrected chi connectivity index (χ2v) is 5.10. The Balaban J connectivity index is 2.91. The summed E-state index contributed by atoms with van der Waals surface area (Å²) in [6.45, 7) is 3.72. The highest BCUT2D eigenvalue weighted by Crippen LogP contribution is 2.32. The predicted molar refractivity (Wildman–Crippen MR) is 68.2 cm³/mol. The summed E-state index contributed by atoms with van der Waals surface area (Å²) in [7, 11) is 0. The SMILES string of the molecule is CC(C)CC(CO)Nc1cc(C(F)(F)F)cc(Cl)n1. The molecule has 0 aliphatic carbocycles. The summed E-state index contributed by atoms with van der Waals surface area (Å²) in [6, 6.07) is 1.30. The van der Waals surface area contributed by atoms with E-state index >= 15 is 0 Å². The molecule has 1 aromatic heterocycles. The molecule has 0 bridgehead atoms. The van der Waals surface area contributed by atoms with Gasteiger partial charge in [0.25, 0.3) is 0 Å². The molecular weight excluding hydrogens is 281 g/mol. The highest BCUT2D eigenvalue weighted by molar-refractivity contribution is 6.29. The molecule has 0 saturated carbocycles. The predicted octanol–water partition coefficient (Wildman–Crippen LogP) is 3.57. The van der Waals surface area contributed by atoms with Crippen LogP contribution in [0.5, 0.6) is 0 Å². The van der Waals surface area contributed by atoms with E-state index in [0.717, 1.165) is 12.1 Å². The Hall–Kier alpha value is -1.01. The molecule has 0 fully saturated rings. The molecule has 108 valence electrons. The number of rotatable bonds is 5. The van der Waals surface area contributed by atoms with Crippen molar-refractivity contribution in [2.24, 2.45) is 5.92 Å². The quantitative estimate of drug-likeness (QED) is 0.817. The molecule has 1 aromatic rings. The number of pyridine rings is 1. The smallest absolute Gasteiger partial charge is 0.394 e. The van der Waals surface area contributed by atoms with Gasteiger partial charge in [0, 0.05) is 0 Å². The maximum Gasteiger partial charge on any atom is 0.416 e. The van der Waals surface area contributed by atoms with Crippen molar-refractivity contribution in [3.8, 4) is 0 Å². The van der Waals surface area contributed by atoms with Gasteiger partial charge in [0.1, 0.15) is 11.0 Å². The Morgan fingerprint density at radius 1 is 1.37 bits per heavy atom. The molecule has 0 radical (unpaired) electrons. The van der Waals surface area contributed by atoms with Crippen molar-refractivity contribution in [3.63, 3.8) is 0 Å². The Kier molecular flexibility index (Phi) is 5.43. The van der Waals surface area contributed by atoms with E-state index in [9.17, 15) is 18.3 Å². The number of alkyl halides is 3. The largest absolute Gasteiger partial charge is 0.416 e. The van der Waals surface area contributed by atoms with Crippen LogP contribution >= 0.6 is 11.6 Å². The minimum Gasteiger partial charge on any atom is -0.394 e. The van der Waals surface area contributed by atoms with Gasteiger partial charge in [-0.15, -0.1) is 0 Å². The first-order chi connectivity index (χ1) is 8.72. The molecule has 1 atom stereocenters. The van der Waals surface area contributed by atoms with Crippen LogP contribution in [0.4, 0.5) is 19.0 Å². The summed E-state index contributed by atoms with van der Waals surface area (Å²) in [5.74, 6) is 0.311. The van der Waals surface area contributed by atoms with Gasteiger partial charge in [-0.05, 0) is 24.5 Å². The fraction of sp³-hybridized carbons (Fsp3) is 0.583. The van der Waals surface area contributed by atoms with Gasteiger partial charge in [-0.3, -0.25) is 0 Å². The van der Waals surface area contributed by atoms with Crippen molar-refractivity contribution in [1.29, 1.82) is 0 Å². The standard InChI is InChI=1S/C12H16ClF3N2O/c1-7(2)3-9(6-19)17-11-5-8(12(14,15)16)4-10(13)18-11/h4-5,7,9,19H,3,6H2,1-2H3,(H,17,18). The third kappa shape index (κ3) is 5.24. The molecule has 0 aliphatic rings. The second-order valence-electron chi connectivity index (χ2n) is 4.71. The van der Waals surface area contributed by atoms with Crippen molar-refractivity contribution in [2.75, 3.05) is 11.9 Å². The summed E-state index contributed by atoms with van der Waals surface area (Å²) in [4.78, 5) is 3.79. The molecule has 0 amide bonds. The molecular formula is C12H16ClF3N2O. The third-order valence-electron chi connectivity index (χ3n) is 2.45. The van der Waals surface area contributed by atoms with Crippen molar-refractivity contribution in [2.45, 2.75) is 32.5 Å². The first-order valence-corrected chi connectivity index (χ1v) is 6.22. The lowest BCUT2D eigenvalue weighted by atomic mass is 10.0. The van der Waals surface area contributed by atoms with Gasteiger partial charge in [-0.2, -0.15) is 13.2 Å². The van der Waals surface area contributed by atoms with Gasteiger partial charge in [0.2, 0.25) is 0 Å². The molecule has 0 spiro atoms. The molecule has 3 nitrogen and oxygen atoms in total. The lowest BCUT2D eigenvalue weighted by Crippen LogP contribution is -2.26. The van der Waals surface area contributed by atoms with E-state index in [1.54, 1.807) is 0 Å². The number of hydrogen-bond donors (Lipinski definition) is 2. The highest BCUT2D eigenvalue weighted by Gasteiger charge is 2.31. The topological polar surface area (TPSA) is 45.1 Å². The van der Waals surface area contributed by atoms with Crippen LogP contribution in [0.3, 0.4) is 0 Å². The van der Waals surface area contributed by atoms with E-state index in [2.05, 4.69) is 10.3 Å². The van der Waals surface area contributed by atoms with Gasteiger partial charge in [-0.25, -0.2) is 4.98 Å². The van der Waals surface area contributed by atoms with E-state index in [1.165, 1.54) is 0 Å². The zero-order chi connectivity index (χ0) is 14.6. The number of hydrogen-bond acceptors (Lipinski definition) is 3. The van der Waals surface area contributed by atoms with Gasteiger partial charge >= 0.3 is 6.18 Å². The summed E-state index contributed by atoms with van der Waals surface area (Å²) < 4.78 is 37.8. The van der Waals surface area contributed by atoms with Crippen LogP contribution in [0.15, 0.2) is 12.1 Å². The fourth-order valence-electron chi connectivity index (χ4n) is 1.69. The van der Waals surface area contributed by atoms with Crippen LogP contribution in [0, 0.1) is 5.92 Å². The summed E-state index contributed by atoms with van der Waals surface area (Å²) in [6.07, 6.45) is -3.86. The van der Waals surface area contributed by atoms with Crippen molar-refractivity contribution in [3.05, 3.63) is 22.8 Å². The lowest BCUT2D eigenvalue weighted by molar-refractivity contribution is -0.137. The number of anilines is 1. The molecule has 0 aromatic carbocycles. The Morgan fingerprint density at radius 2 is 2.00 bits per heavy atom. The van der Waals surface area contributed by atoms with Crippen molar-refractivity contribution >= 4 is 17.4 Å². The van der Waals surface area contributed by atoms with Crippen LogP contribution in [-0.4, -0.2) is 22.7 Å². The maximum atomic E-state index is 12.6. The Bertz CT molecular complexity index is 424. The van der Waals surface area contributed by atoms with Crippen molar-refractivity contribution in [1.82, 2.24) is 4.98 Å². The fourth-order valence-corrected chi connectivity index (χ4v) is 1.90. The number of nitrogens with one attached hydrogen (secondary N) is 1. The van der Waals surface area contributed by atoms with Gasteiger partial charge < -0.3 is 10.4 Å². The summed E-state index contributed by atoms with van der Waals surface area (Å²) >= 11 is 5.57. The molecule has 0 saturated heterocycles. The number of aromatic nitrogens is 1. The van der Waals surface area contributed by atoms with E-state index in [1.807, 2.05) is 13.8 Å². The normalized spacial score (nSPS) is 13.7. The maximum absolute atomic E-state index is 12.6. The molecule has 0 aliphatic heterocycles. The zero-order valence-corrected chi connectivity index (χ0v) is 11.4. The van der Waals surface area contributed by atoms with Crippen LogP contribution in [-0.2, 0) is 6.18 Å². The van der Waals surface area contributed by atoms with Crippen LogP contribution in [0.2, 0.25) is 5.15 Å². The second kappa shape index (κ2) is 6.43. The van der Waals surface area contributed by atoms with Crippen molar-refractivity contribution < 1.29 is 18.3 Å². The highest BCUT2D eigenvalue weighted by atomic mass is 35.5. The average Bonchev–Trinajstić information content (AvgIpc) is 2.25. The monoisotopic (exact) mass is 296 g/mol.